The Hall–Kier alpha value is -2.46. The predicted octanol–water partition coefficient (Wildman–Crippen LogP) is 6.52. The molecule has 0 bridgehead atoms. The third-order valence-corrected chi connectivity index (χ3v) is 6.91. The highest BCUT2D eigenvalue weighted by Gasteiger charge is 2.23. The highest BCUT2D eigenvalue weighted by Crippen LogP contribution is 2.31. The lowest BCUT2D eigenvalue weighted by molar-refractivity contribution is 0.102. The summed E-state index contributed by atoms with van der Waals surface area (Å²) in [5.41, 5.74) is 1.35. The van der Waals surface area contributed by atoms with E-state index in [0.717, 1.165) is 10.5 Å². The molecule has 0 aliphatic heterocycles. The second-order valence-electron chi connectivity index (χ2n) is 6.42. The minimum atomic E-state index is -4.11. The number of amides is 1. The minimum Gasteiger partial charge on any atom is -0.322 e. The van der Waals surface area contributed by atoms with Crippen LogP contribution in [0, 0.1) is 11.8 Å². The van der Waals surface area contributed by atoms with E-state index in [1.54, 1.807) is 37.3 Å². The molecule has 7 nitrogen and oxygen atoms in total. The van der Waals surface area contributed by atoms with E-state index in [2.05, 4.69) is 31.1 Å². The summed E-state index contributed by atoms with van der Waals surface area (Å²) in [6.07, 6.45) is 0. The summed E-state index contributed by atoms with van der Waals surface area (Å²) < 4.78 is 28.9. The summed E-state index contributed by atoms with van der Waals surface area (Å²) in [6.45, 7) is 1.73. The molecule has 0 unspecified atom stereocenters. The first kappa shape index (κ1) is 23.2. The predicted molar refractivity (Wildman–Crippen MR) is 126 cm³/mol. The Morgan fingerprint density at radius 1 is 1.00 bits per heavy atom. The number of rotatable bonds is 6. The zero-order chi connectivity index (χ0) is 22.8. The number of nitrogens with one attached hydrogen (secondary N) is 2. The van der Waals surface area contributed by atoms with Crippen molar-refractivity contribution in [3.8, 4) is 0 Å². The number of halogens is 3. The van der Waals surface area contributed by atoms with Crippen molar-refractivity contribution in [2.45, 2.75) is 11.8 Å². The van der Waals surface area contributed by atoms with Crippen LogP contribution in [-0.4, -0.2) is 14.3 Å². The first-order valence-corrected chi connectivity index (χ1v) is 11.7. The van der Waals surface area contributed by atoms with Crippen molar-refractivity contribution in [1.29, 1.82) is 0 Å². The molecule has 2 N–H and O–H groups in total. The summed E-state index contributed by atoms with van der Waals surface area (Å²) in [5, 5.41) is 5.27. The van der Waals surface area contributed by atoms with Crippen molar-refractivity contribution >= 4 is 72.1 Å². The van der Waals surface area contributed by atoms with Crippen molar-refractivity contribution in [2.75, 3.05) is 10.0 Å². The van der Waals surface area contributed by atoms with E-state index >= 15 is 0 Å². The summed E-state index contributed by atoms with van der Waals surface area (Å²) in [4.78, 5) is 23.3. The Morgan fingerprint density at radius 3 is 2.32 bits per heavy atom. The Morgan fingerprint density at radius 2 is 1.68 bits per heavy atom. The van der Waals surface area contributed by atoms with Crippen LogP contribution >= 0.6 is 39.1 Å². The lowest BCUT2D eigenvalue weighted by atomic mass is 10.1. The van der Waals surface area contributed by atoms with Gasteiger partial charge in [-0.2, -0.15) is 0 Å². The van der Waals surface area contributed by atoms with E-state index in [4.69, 9.17) is 23.2 Å². The number of carbonyl (C=O) groups is 1. The second-order valence-corrected chi connectivity index (χ2v) is 9.80. The molecule has 0 atom stereocenters. The van der Waals surface area contributed by atoms with Crippen LogP contribution in [0.15, 0.2) is 69.1 Å². The molecule has 0 heterocycles. The van der Waals surface area contributed by atoms with Gasteiger partial charge in [-0.3, -0.25) is 9.52 Å². The Labute approximate surface area is 196 Å². The molecule has 0 saturated heterocycles. The Kier molecular flexibility index (Phi) is 7.00. The molecule has 31 heavy (non-hydrogen) atoms. The van der Waals surface area contributed by atoms with Crippen molar-refractivity contribution in [3.05, 3.63) is 85.1 Å². The third-order valence-electron chi connectivity index (χ3n) is 4.23. The number of hydrogen-bond donors (Lipinski definition) is 2. The van der Waals surface area contributed by atoms with Crippen LogP contribution in [0.4, 0.5) is 17.1 Å². The maximum absolute atomic E-state index is 12.9. The van der Waals surface area contributed by atoms with Gasteiger partial charge >= 0.3 is 0 Å². The Balaban J connectivity index is 1.96. The van der Waals surface area contributed by atoms with Crippen LogP contribution in [0.2, 0.25) is 10.0 Å². The zero-order valence-corrected chi connectivity index (χ0v) is 19.7. The molecule has 3 aromatic carbocycles. The standard InChI is InChI=1S/C20H14BrCl2N3O4S/c1-11-2-5-14(25-28)8-18(11)24-20(27)15-9-19(17(23)10-16(15)22)31(29,30)26-13-6-3-12(21)4-7-13/h2-10,26H,1H3,(H,24,27). The van der Waals surface area contributed by atoms with Gasteiger partial charge in [0.05, 0.1) is 15.6 Å². The van der Waals surface area contributed by atoms with Crippen LogP contribution in [0.5, 0.6) is 0 Å². The van der Waals surface area contributed by atoms with Crippen LogP contribution < -0.4 is 10.0 Å². The smallest absolute Gasteiger partial charge is 0.263 e. The van der Waals surface area contributed by atoms with E-state index in [0.29, 0.717) is 16.9 Å². The van der Waals surface area contributed by atoms with Gasteiger partial charge in [-0.25, -0.2) is 8.42 Å². The van der Waals surface area contributed by atoms with Crippen LogP contribution in [0.1, 0.15) is 15.9 Å². The van der Waals surface area contributed by atoms with Crippen molar-refractivity contribution in [3.63, 3.8) is 0 Å². The monoisotopic (exact) mass is 541 g/mol. The average Bonchev–Trinajstić information content (AvgIpc) is 2.71. The summed E-state index contributed by atoms with van der Waals surface area (Å²) in [7, 11) is -4.11. The van der Waals surface area contributed by atoms with E-state index < -0.39 is 15.9 Å². The lowest BCUT2D eigenvalue weighted by Gasteiger charge is -2.13. The van der Waals surface area contributed by atoms with E-state index in [1.165, 1.54) is 18.2 Å². The number of anilines is 2. The van der Waals surface area contributed by atoms with Crippen molar-refractivity contribution in [1.82, 2.24) is 0 Å². The van der Waals surface area contributed by atoms with Gasteiger partial charge < -0.3 is 5.32 Å². The van der Waals surface area contributed by atoms with Gasteiger partial charge in [0.15, 0.2) is 0 Å². The van der Waals surface area contributed by atoms with Gasteiger partial charge in [0, 0.05) is 15.8 Å². The third kappa shape index (κ3) is 5.43. The molecule has 160 valence electrons. The normalized spacial score (nSPS) is 11.1. The van der Waals surface area contributed by atoms with Crippen molar-refractivity contribution in [2.24, 2.45) is 5.18 Å². The molecule has 0 fully saturated rings. The molecule has 0 aliphatic rings. The van der Waals surface area contributed by atoms with Gasteiger partial charge in [-0.15, -0.1) is 4.91 Å². The summed E-state index contributed by atoms with van der Waals surface area (Å²) in [6, 6.07) is 13.3. The van der Waals surface area contributed by atoms with E-state index in [-0.39, 0.29) is 26.2 Å². The van der Waals surface area contributed by atoms with Crippen LogP contribution in [0.3, 0.4) is 0 Å². The van der Waals surface area contributed by atoms with Gasteiger partial charge in [0.1, 0.15) is 10.6 Å². The molecule has 0 aliphatic carbocycles. The molecule has 0 aromatic heterocycles. The molecule has 0 spiro atoms. The molecular weight excluding hydrogens is 529 g/mol. The number of aryl methyl sites for hydroxylation is 1. The van der Waals surface area contributed by atoms with Crippen molar-refractivity contribution < 1.29 is 13.2 Å². The summed E-state index contributed by atoms with van der Waals surface area (Å²) >= 11 is 15.5. The Bertz CT molecular complexity index is 1280. The molecule has 0 saturated carbocycles. The van der Waals surface area contributed by atoms with Crippen LogP contribution in [0.25, 0.3) is 0 Å². The zero-order valence-electron chi connectivity index (χ0n) is 15.8. The SMILES string of the molecule is Cc1ccc(N=O)cc1NC(=O)c1cc(S(=O)(=O)Nc2ccc(Br)cc2)c(Cl)cc1Cl. The first-order valence-electron chi connectivity index (χ1n) is 8.63. The molecular formula is C20H14BrCl2N3O4S. The van der Waals surface area contributed by atoms with Gasteiger partial charge in [-0.05, 0) is 66.2 Å². The lowest BCUT2D eigenvalue weighted by Crippen LogP contribution is -2.17. The number of carbonyl (C=O) groups excluding carboxylic acids is 1. The highest BCUT2D eigenvalue weighted by atomic mass is 79.9. The second kappa shape index (κ2) is 9.35. The number of nitrogens with zero attached hydrogens (tertiary/aromatic N) is 1. The van der Waals surface area contributed by atoms with E-state index in [1.807, 2.05) is 0 Å². The minimum absolute atomic E-state index is 0.0348. The number of nitroso groups, excluding NO2 is 1. The first-order chi connectivity index (χ1) is 14.6. The fourth-order valence-electron chi connectivity index (χ4n) is 2.63. The average molecular weight is 543 g/mol. The topological polar surface area (TPSA) is 105 Å². The largest absolute Gasteiger partial charge is 0.322 e. The number of sulfonamides is 1. The quantitative estimate of drug-likeness (QED) is 0.346. The molecule has 1 amide bonds. The van der Waals surface area contributed by atoms with Gasteiger partial charge in [-0.1, -0.05) is 45.2 Å². The summed E-state index contributed by atoms with van der Waals surface area (Å²) in [5.74, 6) is -0.673. The van der Waals surface area contributed by atoms with Gasteiger partial charge in [0.2, 0.25) is 0 Å². The number of hydrogen-bond acceptors (Lipinski definition) is 5. The van der Waals surface area contributed by atoms with Crippen LogP contribution in [-0.2, 0) is 10.0 Å². The molecule has 3 rings (SSSR count). The maximum Gasteiger partial charge on any atom is 0.263 e. The van der Waals surface area contributed by atoms with Gasteiger partial charge in [0.25, 0.3) is 15.9 Å². The highest BCUT2D eigenvalue weighted by molar-refractivity contribution is 9.10. The maximum atomic E-state index is 12.9. The molecule has 11 heteroatoms. The molecule has 0 radical (unpaired) electrons. The van der Waals surface area contributed by atoms with E-state index in [9.17, 15) is 18.1 Å². The fraction of sp³-hybridized carbons (Fsp3) is 0.0500. The number of benzene rings is 3. The fourth-order valence-corrected chi connectivity index (χ4v) is 4.81. The molecule has 3 aromatic rings.